The lowest BCUT2D eigenvalue weighted by Crippen LogP contribution is -2.25. The molecule has 0 spiro atoms. The van der Waals surface area contributed by atoms with Crippen molar-refractivity contribution in [2.24, 2.45) is 0 Å². The summed E-state index contributed by atoms with van der Waals surface area (Å²) >= 11 is 0. The van der Waals surface area contributed by atoms with Crippen LogP contribution in [0.2, 0.25) is 0 Å². The highest BCUT2D eigenvalue weighted by Gasteiger charge is 2.14. The molecule has 0 atom stereocenters. The average Bonchev–Trinajstić information content (AvgIpc) is 2.77. The van der Waals surface area contributed by atoms with E-state index in [4.69, 9.17) is 0 Å². The van der Waals surface area contributed by atoms with Crippen molar-refractivity contribution < 1.29 is 13.2 Å². The van der Waals surface area contributed by atoms with Crippen molar-refractivity contribution in [2.45, 2.75) is 37.5 Å². The number of hydrogen-bond acceptors (Lipinski definition) is 3. The molecule has 2 N–H and O–H groups in total. The summed E-state index contributed by atoms with van der Waals surface area (Å²) in [6.45, 7) is 4.89. The minimum Gasteiger partial charge on any atom is -0.352 e. The normalized spacial score (nSPS) is 11.3. The third-order valence-electron chi connectivity index (χ3n) is 5.00. The van der Waals surface area contributed by atoms with Crippen molar-refractivity contribution in [3.63, 3.8) is 0 Å². The Hall–Kier alpha value is -3.12. The predicted octanol–water partition coefficient (Wildman–Crippen LogP) is 4.97. The second-order valence-electron chi connectivity index (χ2n) is 7.76. The standard InChI is InChI=1S/C25H28N2O3S/c1-19(2)21-15-13-20(14-16-21)8-7-17-26-25(28)22-9-6-10-23(18-22)27-31(29,30)24-11-4-3-5-12-24/h3-6,9-16,18-19,27H,7-8,17H2,1-2H3,(H,26,28). The number of rotatable bonds is 9. The summed E-state index contributed by atoms with van der Waals surface area (Å²) in [6, 6.07) is 23.2. The van der Waals surface area contributed by atoms with Crippen molar-refractivity contribution in [3.05, 3.63) is 95.6 Å². The van der Waals surface area contributed by atoms with E-state index >= 15 is 0 Å². The molecular weight excluding hydrogens is 408 g/mol. The van der Waals surface area contributed by atoms with E-state index in [1.54, 1.807) is 42.5 Å². The Kier molecular flexibility index (Phi) is 7.47. The molecule has 3 aromatic carbocycles. The predicted molar refractivity (Wildman–Crippen MR) is 125 cm³/mol. The van der Waals surface area contributed by atoms with Crippen molar-refractivity contribution in [1.82, 2.24) is 5.32 Å². The molecule has 0 radical (unpaired) electrons. The molecule has 1 amide bonds. The van der Waals surface area contributed by atoms with Crippen LogP contribution in [0.3, 0.4) is 0 Å². The van der Waals surface area contributed by atoms with Gasteiger partial charge >= 0.3 is 0 Å². The van der Waals surface area contributed by atoms with Crippen LogP contribution in [-0.2, 0) is 16.4 Å². The van der Waals surface area contributed by atoms with Gasteiger partial charge < -0.3 is 5.32 Å². The fraction of sp³-hybridized carbons (Fsp3) is 0.240. The largest absolute Gasteiger partial charge is 0.352 e. The lowest BCUT2D eigenvalue weighted by atomic mass is 10.0. The molecule has 5 nitrogen and oxygen atoms in total. The van der Waals surface area contributed by atoms with Crippen molar-refractivity contribution in [1.29, 1.82) is 0 Å². The Balaban J connectivity index is 1.53. The van der Waals surface area contributed by atoms with Gasteiger partial charge in [0.25, 0.3) is 15.9 Å². The zero-order valence-electron chi connectivity index (χ0n) is 17.8. The van der Waals surface area contributed by atoms with Gasteiger partial charge in [-0.05, 0) is 60.2 Å². The minimum atomic E-state index is -3.70. The molecule has 0 bridgehead atoms. The van der Waals surface area contributed by atoms with Crippen LogP contribution >= 0.6 is 0 Å². The highest BCUT2D eigenvalue weighted by atomic mass is 32.2. The van der Waals surface area contributed by atoms with E-state index in [-0.39, 0.29) is 10.8 Å². The second kappa shape index (κ2) is 10.3. The van der Waals surface area contributed by atoms with Gasteiger partial charge in [-0.3, -0.25) is 9.52 Å². The van der Waals surface area contributed by atoms with E-state index in [0.29, 0.717) is 23.7 Å². The van der Waals surface area contributed by atoms with Crippen LogP contribution in [0.25, 0.3) is 0 Å². The number of aryl methyl sites for hydroxylation is 1. The molecule has 3 aromatic rings. The SMILES string of the molecule is CC(C)c1ccc(CCCNC(=O)c2cccc(NS(=O)(=O)c3ccccc3)c2)cc1. The van der Waals surface area contributed by atoms with E-state index < -0.39 is 10.0 Å². The smallest absolute Gasteiger partial charge is 0.261 e. The monoisotopic (exact) mass is 436 g/mol. The van der Waals surface area contributed by atoms with Crippen molar-refractivity contribution >= 4 is 21.6 Å². The third-order valence-corrected chi connectivity index (χ3v) is 6.40. The number of benzene rings is 3. The van der Waals surface area contributed by atoms with Crippen LogP contribution in [-0.4, -0.2) is 20.9 Å². The molecular formula is C25H28N2O3S. The van der Waals surface area contributed by atoms with Gasteiger partial charge in [-0.25, -0.2) is 8.42 Å². The van der Waals surface area contributed by atoms with Crippen LogP contribution in [0.5, 0.6) is 0 Å². The van der Waals surface area contributed by atoms with Gasteiger partial charge in [0.1, 0.15) is 0 Å². The van der Waals surface area contributed by atoms with Crippen molar-refractivity contribution in [3.8, 4) is 0 Å². The Labute approximate surface area is 184 Å². The number of carbonyl (C=O) groups excluding carboxylic acids is 1. The molecule has 0 aromatic heterocycles. The maximum Gasteiger partial charge on any atom is 0.261 e. The van der Waals surface area contributed by atoms with E-state index in [0.717, 1.165) is 12.8 Å². The molecule has 0 unspecified atom stereocenters. The number of hydrogen-bond donors (Lipinski definition) is 2. The quantitative estimate of drug-likeness (QED) is 0.465. The van der Waals surface area contributed by atoms with Crippen LogP contribution in [0.15, 0.2) is 83.8 Å². The first-order valence-electron chi connectivity index (χ1n) is 10.4. The molecule has 0 aliphatic rings. The summed E-state index contributed by atoms with van der Waals surface area (Å²) in [5, 5.41) is 2.90. The summed E-state index contributed by atoms with van der Waals surface area (Å²) in [5.74, 6) is 0.289. The molecule has 3 rings (SSSR count). The molecule has 6 heteroatoms. The highest BCUT2D eigenvalue weighted by molar-refractivity contribution is 7.92. The van der Waals surface area contributed by atoms with Gasteiger partial charge in [0, 0.05) is 17.8 Å². The second-order valence-corrected chi connectivity index (χ2v) is 9.44. The van der Waals surface area contributed by atoms with Gasteiger partial charge in [-0.1, -0.05) is 62.4 Å². The number of amides is 1. The fourth-order valence-corrected chi connectivity index (χ4v) is 4.27. The highest BCUT2D eigenvalue weighted by Crippen LogP contribution is 2.18. The first-order valence-corrected chi connectivity index (χ1v) is 11.9. The molecule has 31 heavy (non-hydrogen) atoms. The zero-order valence-corrected chi connectivity index (χ0v) is 18.7. The number of carbonyl (C=O) groups is 1. The van der Waals surface area contributed by atoms with Gasteiger partial charge in [-0.2, -0.15) is 0 Å². The summed E-state index contributed by atoms with van der Waals surface area (Å²) in [6.07, 6.45) is 1.71. The van der Waals surface area contributed by atoms with Crippen molar-refractivity contribution in [2.75, 3.05) is 11.3 Å². The van der Waals surface area contributed by atoms with Crippen LogP contribution in [0, 0.1) is 0 Å². The van der Waals surface area contributed by atoms with Gasteiger partial charge in [0.2, 0.25) is 0 Å². The lowest BCUT2D eigenvalue weighted by molar-refractivity contribution is 0.0953. The molecule has 162 valence electrons. The summed E-state index contributed by atoms with van der Waals surface area (Å²) in [4.78, 5) is 12.6. The number of sulfonamides is 1. The summed E-state index contributed by atoms with van der Waals surface area (Å²) in [7, 11) is -3.70. The Morgan fingerprint density at radius 3 is 2.29 bits per heavy atom. The lowest BCUT2D eigenvalue weighted by Gasteiger charge is -2.10. The van der Waals surface area contributed by atoms with E-state index in [1.807, 2.05) is 0 Å². The topological polar surface area (TPSA) is 75.3 Å². The molecule has 0 saturated heterocycles. The van der Waals surface area contributed by atoms with Gasteiger partial charge in [0.05, 0.1) is 4.90 Å². The molecule has 0 aliphatic carbocycles. The molecule has 0 saturated carbocycles. The summed E-state index contributed by atoms with van der Waals surface area (Å²) < 4.78 is 27.5. The molecule has 0 fully saturated rings. The first kappa shape index (κ1) is 22.6. The molecule has 0 heterocycles. The van der Waals surface area contributed by atoms with E-state index in [1.165, 1.54) is 23.3 Å². The molecule has 0 aliphatic heterocycles. The van der Waals surface area contributed by atoms with E-state index in [2.05, 4.69) is 48.2 Å². The van der Waals surface area contributed by atoms with Crippen LogP contribution in [0.1, 0.15) is 47.7 Å². The average molecular weight is 437 g/mol. The number of nitrogens with one attached hydrogen (secondary N) is 2. The van der Waals surface area contributed by atoms with Gasteiger partial charge in [0.15, 0.2) is 0 Å². The van der Waals surface area contributed by atoms with Crippen LogP contribution in [0.4, 0.5) is 5.69 Å². The Bertz CT molecular complexity index is 1110. The Morgan fingerprint density at radius 1 is 0.903 bits per heavy atom. The maximum atomic E-state index is 12.5. The number of anilines is 1. The van der Waals surface area contributed by atoms with Crippen LogP contribution < -0.4 is 10.0 Å². The first-order chi connectivity index (χ1) is 14.8. The van der Waals surface area contributed by atoms with Gasteiger partial charge in [-0.15, -0.1) is 0 Å². The van der Waals surface area contributed by atoms with E-state index in [9.17, 15) is 13.2 Å². The summed E-state index contributed by atoms with van der Waals surface area (Å²) in [5.41, 5.74) is 3.33. The maximum absolute atomic E-state index is 12.5. The Morgan fingerprint density at radius 2 is 1.61 bits per heavy atom. The zero-order chi connectivity index (χ0) is 22.3. The third kappa shape index (κ3) is 6.43. The fourth-order valence-electron chi connectivity index (χ4n) is 3.20. The minimum absolute atomic E-state index is 0.172.